The van der Waals surface area contributed by atoms with Crippen molar-refractivity contribution in [3.63, 3.8) is 0 Å². The van der Waals surface area contributed by atoms with Crippen molar-refractivity contribution in [2.24, 2.45) is 7.05 Å². The number of benzene rings is 2. The van der Waals surface area contributed by atoms with Gasteiger partial charge in [-0.25, -0.2) is 17.7 Å². The molecule has 0 fully saturated rings. The number of thioether (sulfide) groups is 1. The van der Waals surface area contributed by atoms with Crippen molar-refractivity contribution >= 4 is 32.8 Å². The zero-order chi connectivity index (χ0) is 23.8. The molecule has 4 aromatic rings. The first-order valence-corrected chi connectivity index (χ1v) is 12.8. The maximum Gasteiger partial charge on any atom is 0.242 e. The molecule has 174 valence electrons. The van der Waals surface area contributed by atoms with E-state index in [1.165, 1.54) is 30.2 Å². The smallest absolute Gasteiger partial charge is 0.242 e. The molecule has 33 heavy (non-hydrogen) atoms. The van der Waals surface area contributed by atoms with Crippen LogP contribution in [0.4, 0.5) is 0 Å². The number of fused-ring (bicyclic) bond motifs is 1. The molecule has 4 rings (SSSR count). The number of para-hydroxylation sites is 1. The molecule has 2 aromatic carbocycles. The number of nitrogens with zero attached hydrogens (tertiary/aromatic N) is 6. The topological polar surface area (TPSA) is 95.1 Å². The minimum absolute atomic E-state index is 0.231. The molecule has 0 atom stereocenters. The maximum atomic E-state index is 12.5. The van der Waals surface area contributed by atoms with Gasteiger partial charge in [0.2, 0.25) is 10.0 Å². The van der Waals surface area contributed by atoms with E-state index in [2.05, 4.69) is 14.8 Å². The van der Waals surface area contributed by atoms with Gasteiger partial charge < -0.3 is 13.9 Å². The van der Waals surface area contributed by atoms with E-state index in [0.717, 1.165) is 40.2 Å². The Hall–Kier alpha value is -2.89. The highest BCUT2D eigenvalue weighted by Gasteiger charge is 2.20. The van der Waals surface area contributed by atoms with Crippen LogP contribution in [0.1, 0.15) is 12.7 Å². The van der Waals surface area contributed by atoms with Crippen LogP contribution in [-0.4, -0.2) is 58.2 Å². The Kier molecular flexibility index (Phi) is 6.46. The first kappa shape index (κ1) is 23.3. The lowest BCUT2D eigenvalue weighted by Crippen LogP contribution is -2.22. The zero-order valence-electron chi connectivity index (χ0n) is 19.2. The Bertz CT molecular complexity index is 1410. The van der Waals surface area contributed by atoms with Crippen LogP contribution in [0.3, 0.4) is 0 Å². The van der Waals surface area contributed by atoms with Crippen molar-refractivity contribution in [2.45, 2.75) is 29.3 Å². The maximum absolute atomic E-state index is 12.5. The molecular weight excluding hydrogens is 460 g/mol. The van der Waals surface area contributed by atoms with Gasteiger partial charge in [-0.05, 0) is 37.3 Å². The molecule has 0 amide bonds. The Balaban J connectivity index is 1.63. The van der Waals surface area contributed by atoms with Crippen LogP contribution in [0.5, 0.6) is 5.75 Å². The van der Waals surface area contributed by atoms with E-state index in [9.17, 15) is 8.42 Å². The highest BCUT2D eigenvalue weighted by molar-refractivity contribution is 7.98. The molecule has 0 bridgehead atoms. The first-order valence-electron chi connectivity index (χ1n) is 10.3. The lowest BCUT2D eigenvalue weighted by Gasteiger charge is -2.11. The van der Waals surface area contributed by atoms with Crippen LogP contribution < -0.4 is 4.74 Å². The van der Waals surface area contributed by atoms with Gasteiger partial charge in [0, 0.05) is 27.7 Å². The summed E-state index contributed by atoms with van der Waals surface area (Å²) in [7, 11) is 3.07. The molecule has 0 saturated heterocycles. The molecule has 0 N–H and O–H groups in total. The fraction of sp³-hybridized carbons (Fsp3) is 0.318. The largest absolute Gasteiger partial charge is 0.496 e. The van der Waals surface area contributed by atoms with Gasteiger partial charge >= 0.3 is 0 Å². The molecule has 9 nitrogen and oxygen atoms in total. The second-order valence-electron chi connectivity index (χ2n) is 7.56. The highest BCUT2D eigenvalue weighted by Crippen LogP contribution is 2.31. The van der Waals surface area contributed by atoms with E-state index in [1.54, 1.807) is 19.2 Å². The van der Waals surface area contributed by atoms with E-state index in [-0.39, 0.29) is 4.90 Å². The third-order valence-electron chi connectivity index (χ3n) is 5.41. The van der Waals surface area contributed by atoms with Crippen molar-refractivity contribution in [3.05, 3.63) is 48.3 Å². The van der Waals surface area contributed by atoms with Crippen LogP contribution in [0, 0.1) is 0 Å². The Morgan fingerprint density at radius 1 is 1.12 bits per heavy atom. The average molecular weight is 487 g/mol. The van der Waals surface area contributed by atoms with Gasteiger partial charge in [-0.3, -0.25) is 0 Å². The predicted octanol–water partition coefficient (Wildman–Crippen LogP) is 3.40. The van der Waals surface area contributed by atoms with Gasteiger partial charge in [-0.1, -0.05) is 23.9 Å². The van der Waals surface area contributed by atoms with Gasteiger partial charge in [0.05, 0.1) is 34.4 Å². The van der Waals surface area contributed by atoms with Crippen LogP contribution in [0.25, 0.3) is 22.4 Å². The van der Waals surface area contributed by atoms with Crippen LogP contribution in [0.15, 0.2) is 52.5 Å². The molecule has 0 radical (unpaired) electrons. The molecule has 0 saturated carbocycles. The van der Waals surface area contributed by atoms with Crippen molar-refractivity contribution in [1.29, 1.82) is 0 Å². The summed E-state index contributed by atoms with van der Waals surface area (Å²) in [6.45, 7) is 2.76. The summed E-state index contributed by atoms with van der Waals surface area (Å²) in [5, 5.41) is 9.47. The summed E-state index contributed by atoms with van der Waals surface area (Å²) in [5.41, 5.74) is 2.43. The summed E-state index contributed by atoms with van der Waals surface area (Å²) in [5.74, 6) is 2.87. The van der Waals surface area contributed by atoms with Crippen molar-refractivity contribution < 1.29 is 13.2 Å². The number of aromatic nitrogens is 5. The monoisotopic (exact) mass is 486 g/mol. The molecule has 0 aliphatic carbocycles. The van der Waals surface area contributed by atoms with Crippen LogP contribution >= 0.6 is 11.8 Å². The summed E-state index contributed by atoms with van der Waals surface area (Å²) < 4.78 is 35.7. The number of sulfonamides is 1. The first-order chi connectivity index (χ1) is 15.8. The van der Waals surface area contributed by atoms with Gasteiger partial charge in [0.25, 0.3) is 0 Å². The molecule has 0 unspecified atom stereocenters. The number of imidazole rings is 1. The van der Waals surface area contributed by atoms with Gasteiger partial charge in [0.1, 0.15) is 11.6 Å². The second kappa shape index (κ2) is 9.16. The summed E-state index contributed by atoms with van der Waals surface area (Å²) >= 11 is 1.53. The third kappa shape index (κ3) is 4.23. The molecule has 0 aliphatic rings. The van der Waals surface area contributed by atoms with Crippen LogP contribution in [-0.2, 0) is 29.4 Å². The summed E-state index contributed by atoms with van der Waals surface area (Å²) in [6, 6.07) is 12.8. The molecule has 0 aliphatic heterocycles. The second-order valence-corrected chi connectivity index (χ2v) is 10.7. The number of hydrogen-bond donors (Lipinski definition) is 0. The Morgan fingerprint density at radius 2 is 1.88 bits per heavy atom. The van der Waals surface area contributed by atoms with E-state index >= 15 is 0 Å². The van der Waals surface area contributed by atoms with Crippen molar-refractivity contribution in [3.8, 4) is 17.1 Å². The SMILES string of the molecule is CCn1c(CSc2nnc(-c3ccccc3OC)n2C)nc2cc(S(=O)(=O)N(C)C)ccc21. The van der Waals surface area contributed by atoms with E-state index in [0.29, 0.717) is 11.3 Å². The minimum atomic E-state index is -3.52. The normalized spacial score (nSPS) is 12.1. The number of hydrogen-bond acceptors (Lipinski definition) is 7. The lowest BCUT2D eigenvalue weighted by atomic mass is 10.2. The van der Waals surface area contributed by atoms with Crippen molar-refractivity contribution in [2.75, 3.05) is 21.2 Å². The summed E-state index contributed by atoms with van der Waals surface area (Å²) in [4.78, 5) is 4.97. The fourth-order valence-corrected chi connectivity index (χ4v) is 5.41. The quantitative estimate of drug-likeness (QED) is 0.352. The summed E-state index contributed by atoms with van der Waals surface area (Å²) in [6.07, 6.45) is 0. The Morgan fingerprint density at radius 3 is 2.58 bits per heavy atom. The van der Waals surface area contributed by atoms with Crippen LogP contribution in [0.2, 0.25) is 0 Å². The number of aryl methyl sites for hydroxylation is 1. The van der Waals surface area contributed by atoms with Gasteiger partial charge in [0.15, 0.2) is 11.0 Å². The van der Waals surface area contributed by atoms with E-state index in [4.69, 9.17) is 9.72 Å². The molecule has 0 spiro atoms. The number of methoxy groups -OCH3 is 1. The highest BCUT2D eigenvalue weighted by atomic mass is 32.2. The van der Waals surface area contributed by atoms with Crippen molar-refractivity contribution in [1.82, 2.24) is 28.6 Å². The fourth-order valence-electron chi connectivity index (χ4n) is 3.63. The Labute approximate surface area is 197 Å². The average Bonchev–Trinajstić information content (AvgIpc) is 3.36. The molecule has 11 heteroatoms. The number of ether oxygens (including phenoxy) is 1. The molecular formula is C22H26N6O3S2. The predicted molar refractivity (Wildman–Crippen MR) is 129 cm³/mol. The van der Waals surface area contributed by atoms with Gasteiger partial charge in [-0.15, -0.1) is 10.2 Å². The lowest BCUT2D eigenvalue weighted by molar-refractivity contribution is 0.416. The standard InChI is InChI=1S/C22H26N6O3S2/c1-6-28-18-12-11-15(33(29,30)26(2)3)13-17(18)23-20(28)14-32-22-25-24-21(27(22)4)16-9-7-8-10-19(16)31-5/h7-13H,6,14H2,1-5H3. The minimum Gasteiger partial charge on any atom is -0.496 e. The zero-order valence-corrected chi connectivity index (χ0v) is 20.8. The van der Waals surface area contributed by atoms with E-state index < -0.39 is 10.0 Å². The molecule has 2 heterocycles. The van der Waals surface area contributed by atoms with Gasteiger partial charge in [-0.2, -0.15) is 0 Å². The third-order valence-corrected chi connectivity index (χ3v) is 8.23. The van der Waals surface area contributed by atoms with E-state index in [1.807, 2.05) is 48.9 Å². The number of rotatable bonds is 8. The molecule has 2 aromatic heterocycles.